The highest BCUT2D eigenvalue weighted by atomic mass is 32.2. The second kappa shape index (κ2) is 10.1. The third-order valence-corrected chi connectivity index (χ3v) is 6.68. The van der Waals surface area contributed by atoms with Crippen LogP contribution in [0.1, 0.15) is 36.1 Å². The third kappa shape index (κ3) is 4.97. The van der Waals surface area contributed by atoms with Gasteiger partial charge in [0.05, 0.1) is 18.9 Å². The zero-order chi connectivity index (χ0) is 23.3. The van der Waals surface area contributed by atoms with Crippen LogP contribution >= 0.6 is 11.8 Å². The van der Waals surface area contributed by atoms with Crippen LogP contribution in [0.4, 0.5) is 0 Å². The van der Waals surface area contributed by atoms with Gasteiger partial charge < -0.3 is 10.1 Å². The van der Waals surface area contributed by atoms with E-state index >= 15 is 0 Å². The van der Waals surface area contributed by atoms with E-state index in [1.54, 1.807) is 19.5 Å². The van der Waals surface area contributed by atoms with Crippen LogP contribution in [0.15, 0.2) is 84.3 Å². The van der Waals surface area contributed by atoms with Gasteiger partial charge in [0.1, 0.15) is 5.75 Å². The highest BCUT2D eigenvalue weighted by molar-refractivity contribution is 7.99. The number of pyridine rings is 1. The van der Waals surface area contributed by atoms with Gasteiger partial charge >= 0.3 is 0 Å². The highest BCUT2D eigenvalue weighted by Crippen LogP contribution is 2.41. The molecule has 0 spiro atoms. The van der Waals surface area contributed by atoms with Crippen LogP contribution in [0.5, 0.6) is 5.75 Å². The molecular formula is C26H25N5O2S. The maximum atomic E-state index is 13.0. The molecule has 172 valence electrons. The van der Waals surface area contributed by atoms with Crippen LogP contribution < -0.4 is 10.1 Å². The molecule has 7 nitrogen and oxygen atoms in total. The number of thioether (sulfide) groups is 1. The number of aromatic nitrogens is 4. The monoisotopic (exact) mass is 471 g/mol. The Labute approximate surface area is 202 Å². The molecule has 2 aromatic heterocycles. The minimum atomic E-state index is -0.256. The van der Waals surface area contributed by atoms with Crippen LogP contribution in [0.2, 0.25) is 0 Å². The van der Waals surface area contributed by atoms with Gasteiger partial charge in [-0.05, 0) is 48.2 Å². The molecule has 0 aliphatic heterocycles. The number of carbonyl (C=O) groups is 1. The Kier molecular flexibility index (Phi) is 6.58. The summed E-state index contributed by atoms with van der Waals surface area (Å²) in [6.45, 7) is 0. The van der Waals surface area contributed by atoms with Crippen molar-refractivity contribution in [1.82, 2.24) is 25.1 Å². The fraction of sp³-hybridized carbons (Fsp3) is 0.231. The lowest BCUT2D eigenvalue weighted by molar-refractivity contribution is -0.119. The molecule has 1 atom stereocenters. The molecule has 0 unspecified atom stereocenters. The first-order valence-electron chi connectivity index (χ1n) is 11.2. The van der Waals surface area contributed by atoms with Crippen LogP contribution in [0.25, 0.3) is 11.4 Å². The van der Waals surface area contributed by atoms with Gasteiger partial charge in [0.25, 0.3) is 0 Å². The van der Waals surface area contributed by atoms with Gasteiger partial charge in [-0.2, -0.15) is 0 Å². The van der Waals surface area contributed by atoms with Crippen molar-refractivity contribution >= 4 is 17.7 Å². The number of nitrogens with one attached hydrogen (secondary N) is 1. The molecular weight excluding hydrogens is 446 g/mol. The van der Waals surface area contributed by atoms with Crippen molar-refractivity contribution in [2.75, 3.05) is 12.9 Å². The Morgan fingerprint density at radius 2 is 1.74 bits per heavy atom. The summed E-state index contributed by atoms with van der Waals surface area (Å²) in [6.07, 6.45) is 5.71. The number of carbonyl (C=O) groups excluding carboxylic acids is 1. The summed E-state index contributed by atoms with van der Waals surface area (Å²) >= 11 is 1.42. The Morgan fingerprint density at radius 1 is 1.03 bits per heavy atom. The second-order valence-corrected chi connectivity index (χ2v) is 9.06. The third-order valence-electron chi connectivity index (χ3n) is 5.73. The fourth-order valence-corrected chi connectivity index (χ4v) is 4.69. The van der Waals surface area contributed by atoms with E-state index in [-0.39, 0.29) is 17.7 Å². The highest BCUT2D eigenvalue weighted by Gasteiger charge is 2.30. The number of hydrogen-bond donors (Lipinski definition) is 1. The maximum absolute atomic E-state index is 13.0. The first-order chi connectivity index (χ1) is 16.7. The van der Waals surface area contributed by atoms with Gasteiger partial charge in [-0.25, -0.2) is 0 Å². The van der Waals surface area contributed by atoms with Gasteiger partial charge in [0.15, 0.2) is 11.0 Å². The van der Waals surface area contributed by atoms with E-state index in [9.17, 15) is 4.79 Å². The van der Waals surface area contributed by atoms with Crippen molar-refractivity contribution in [3.8, 4) is 17.1 Å². The van der Waals surface area contributed by atoms with Crippen molar-refractivity contribution in [3.05, 3.63) is 90.3 Å². The number of methoxy groups -OCH3 is 1. The molecule has 1 aliphatic rings. The zero-order valence-electron chi connectivity index (χ0n) is 18.8. The topological polar surface area (TPSA) is 81.9 Å². The molecule has 4 aromatic rings. The number of rotatable bonds is 9. The molecule has 0 radical (unpaired) electrons. The number of nitrogens with zero attached hydrogens (tertiary/aromatic N) is 4. The molecule has 34 heavy (non-hydrogen) atoms. The lowest BCUT2D eigenvalue weighted by Crippen LogP contribution is -2.30. The number of amides is 1. The van der Waals surface area contributed by atoms with Crippen LogP contribution in [0.3, 0.4) is 0 Å². The summed E-state index contributed by atoms with van der Waals surface area (Å²) < 4.78 is 7.44. The molecule has 0 saturated heterocycles. The van der Waals surface area contributed by atoms with E-state index in [4.69, 9.17) is 4.74 Å². The minimum absolute atomic E-state index is 0.0644. The van der Waals surface area contributed by atoms with Gasteiger partial charge in [-0.3, -0.25) is 14.3 Å². The molecule has 1 saturated carbocycles. The Hall–Kier alpha value is -3.65. The predicted octanol–water partition coefficient (Wildman–Crippen LogP) is 4.68. The van der Waals surface area contributed by atoms with E-state index in [1.807, 2.05) is 66.7 Å². The zero-order valence-corrected chi connectivity index (χ0v) is 19.6. The SMILES string of the molecule is COc1ccc([C@@H](NC(=O)CSc2nnc(-c3ccncc3)n2C2CC2)c2ccccc2)cc1. The van der Waals surface area contributed by atoms with E-state index in [0.29, 0.717) is 6.04 Å². The molecule has 1 N–H and O–H groups in total. The Balaban J connectivity index is 1.32. The number of benzene rings is 2. The van der Waals surface area contributed by atoms with Crippen molar-refractivity contribution in [1.29, 1.82) is 0 Å². The van der Waals surface area contributed by atoms with Crippen LogP contribution in [-0.4, -0.2) is 38.5 Å². The summed E-state index contributed by atoms with van der Waals surface area (Å²) in [5.41, 5.74) is 2.99. The average molecular weight is 472 g/mol. The first-order valence-corrected chi connectivity index (χ1v) is 12.2. The fourth-order valence-electron chi connectivity index (χ4n) is 3.87. The number of hydrogen-bond acceptors (Lipinski definition) is 6. The van der Waals surface area contributed by atoms with Gasteiger partial charge in [0.2, 0.25) is 5.91 Å². The van der Waals surface area contributed by atoms with Crippen molar-refractivity contribution in [2.45, 2.75) is 30.1 Å². The van der Waals surface area contributed by atoms with Crippen LogP contribution in [-0.2, 0) is 4.79 Å². The van der Waals surface area contributed by atoms with E-state index in [0.717, 1.165) is 46.3 Å². The molecule has 2 aromatic carbocycles. The molecule has 1 fully saturated rings. The van der Waals surface area contributed by atoms with Crippen molar-refractivity contribution < 1.29 is 9.53 Å². The average Bonchev–Trinajstić information content (AvgIpc) is 3.65. The van der Waals surface area contributed by atoms with Crippen molar-refractivity contribution in [2.24, 2.45) is 0 Å². The molecule has 1 aliphatic carbocycles. The lowest BCUT2D eigenvalue weighted by Gasteiger charge is -2.20. The Bertz CT molecular complexity index is 1240. The van der Waals surface area contributed by atoms with Gasteiger partial charge in [0, 0.05) is 24.0 Å². The lowest BCUT2D eigenvalue weighted by atomic mass is 9.98. The largest absolute Gasteiger partial charge is 0.497 e. The predicted molar refractivity (Wildman–Crippen MR) is 132 cm³/mol. The summed E-state index contributed by atoms with van der Waals surface area (Å²) in [5, 5.41) is 12.8. The Morgan fingerprint density at radius 3 is 2.41 bits per heavy atom. The van der Waals surface area contributed by atoms with Crippen molar-refractivity contribution in [3.63, 3.8) is 0 Å². The molecule has 8 heteroatoms. The quantitative estimate of drug-likeness (QED) is 0.357. The minimum Gasteiger partial charge on any atom is -0.497 e. The summed E-state index contributed by atoms with van der Waals surface area (Å²) in [4.78, 5) is 17.1. The molecule has 2 heterocycles. The summed E-state index contributed by atoms with van der Waals surface area (Å²) in [7, 11) is 1.64. The molecule has 1 amide bonds. The van der Waals surface area contributed by atoms with Crippen LogP contribution in [0, 0.1) is 0 Å². The maximum Gasteiger partial charge on any atom is 0.231 e. The second-order valence-electron chi connectivity index (χ2n) is 8.12. The number of ether oxygens (including phenoxy) is 1. The first kappa shape index (κ1) is 22.2. The van der Waals surface area contributed by atoms with E-state index in [1.165, 1.54) is 11.8 Å². The summed E-state index contributed by atoms with van der Waals surface area (Å²) in [6, 6.07) is 21.7. The van der Waals surface area contributed by atoms with Gasteiger partial charge in [-0.1, -0.05) is 54.2 Å². The molecule has 0 bridgehead atoms. The normalized spacial score (nSPS) is 13.9. The van der Waals surface area contributed by atoms with Gasteiger partial charge in [-0.15, -0.1) is 10.2 Å². The molecule has 5 rings (SSSR count). The summed E-state index contributed by atoms with van der Waals surface area (Å²) in [5.74, 6) is 1.79. The van der Waals surface area contributed by atoms with E-state index < -0.39 is 0 Å². The smallest absolute Gasteiger partial charge is 0.231 e. The van der Waals surface area contributed by atoms with E-state index in [2.05, 4.69) is 25.1 Å². The standard InChI is InChI=1S/C26H25N5O2S/c1-33-22-11-7-19(8-12-22)24(18-5-3-2-4-6-18)28-23(32)17-34-26-30-29-25(31(26)21-9-10-21)20-13-15-27-16-14-20/h2-8,11-16,21,24H,9-10,17H2,1H3,(H,28,32)/t24-/m0/s1.